The number of nitrogens with zero attached hydrogens (tertiary/aromatic N) is 2. The van der Waals surface area contributed by atoms with Gasteiger partial charge in [0.1, 0.15) is 0 Å². The topological polar surface area (TPSA) is 17.8 Å². The zero-order valence-electron chi connectivity index (χ0n) is 13.5. The van der Waals surface area contributed by atoms with Crippen LogP contribution in [0.15, 0.2) is 12.3 Å². The monoisotopic (exact) mass is 352 g/mol. The van der Waals surface area contributed by atoms with Gasteiger partial charge in [-0.15, -0.1) is 0 Å². The molecule has 3 heteroatoms. The summed E-state index contributed by atoms with van der Waals surface area (Å²) >= 11 is 3.93. The zero-order chi connectivity index (χ0) is 14.8. The Labute approximate surface area is 137 Å². The van der Waals surface area contributed by atoms with E-state index in [2.05, 4.69) is 46.7 Å². The first-order valence-electron chi connectivity index (χ1n) is 8.81. The second kappa shape index (κ2) is 6.85. The third kappa shape index (κ3) is 3.72. The Morgan fingerprint density at radius 2 is 2.00 bits per heavy atom. The summed E-state index contributed by atoms with van der Waals surface area (Å²) in [5.74, 6) is 2.49. The van der Waals surface area contributed by atoms with Crippen molar-refractivity contribution in [2.75, 3.05) is 0 Å². The molecule has 0 saturated heterocycles. The third-order valence-corrected chi connectivity index (χ3v) is 6.91. The molecule has 3 rings (SSSR count). The van der Waals surface area contributed by atoms with E-state index in [1.807, 2.05) is 0 Å². The highest BCUT2D eigenvalue weighted by Gasteiger charge is 2.31. The van der Waals surface area contributed by atoms with Gasteiger partial charge in [0.25, 0.3) is 0 Å². The largest absolute Gasteiger partial charge is 0.269 e. The van der Waals surface area contributed by atoms with Gasteiger partial charge in [-0.1, -0.05) is 42.6 Å². The summed E-state index contributed by atoms with van der Waals surface area (Å²) in [5.41, 5.74) is 1.31. The lowest BCUT2D eigenvalue weighted by Gasteiger charge is -2.35. The fourth-order valence-corrected chi connectivity index (χ4v) is 4.87. The maximum absolute atomic E-state index is 4.89. The first-order valence-corrected chi connectivity index (χ1v) is 9.73. The van der Waals surface area contributed by atoms with E-state index in [1.54, 1.807) is 0 Å². The third-order valence-electron chi connectivity index (χ3n) is 5.71. The van der Waals surface area contributed by atoms with E-state index in [0.29, 0.717) is 10.9 Å². The lowest BCUT2D eigenvalue weighted by Crippen LogP contribution is -2.29. The van der Waals surface area contributed by atoms with Crippen LogP contribution in [0, 0.1) is 17.8 Å². The summed E-state index contributed by atoms with van der Waals surface area (Å²) in [7, 11) is 0. The molecule has 2 fully saturated rings. The van der Waals surface area contributed by atoms with Crippen molar-refractivity contribution in [2.45, 2.75) is 76.1 Å². The number of aromatic nitrogens is 2. The molecule has 2 aliphatic rings. The zero-order valence-corrected chi connectivity index (χ0v) is 15.1. The van der Waals surface area contributed by atoms with Crippen molar-refractivity contribution in [3.63, 3.8) is 0 Å². The number of hydrogen-bond acceptors (Lipinski definition) is 1. The number of halogens is 1. The molecule has 0 N–H and O–H groups in total. The van der Waals surface area contributed by atoms with Gasteiger partial charge in [-0.3, -0.25) is 4.68 Å². The molecule has 2 saturated carbocycles. The van der Waals surface area contributed by atoms with Crippen LogP contribution in [0.2, 0.25) is 0 Å². The molecule has 0 radical (unpaired) electrons. The first kappa shape index (κ1) is 15.6. The second-order valence-electron chi connectivity index (χ2n) is 7.52. The normalized spacial score (nSPS) is 31.1. The van der Waals surface area contributed by atoms with Crippen molar-refractivity contribution in [1.82, 2.24) is 9.78 Å². The van der Waals surface area contributed by atoms with Crippen LogP contribution in [0.3, 0.4) is 0 Å². The molecule has 118 valence electrons. The molecular weight excluding hydrogens is 324 g/mol. The number of rotatable bonds is 4. The smallest absolute Gasteiger partial charge is 0.0627 e. The molecule has 0 amide bonds. The van der Waals surface area contributed by atoms with Gasteiger partial charge in [-0.2, -0.15) is 5.10 Å². The Hall–Kier alpha value is -0.310. The van der Waals surface area contributed by atoms with Crippen LogP contribution >= 0.6 is 15.9 Å². The number of alkyl halides is 1. The van der Waals surface area contributed by atoms with Gasteiger partial charge in [0.05, 0.1) is 11.7 Å². The average Bonchev–Trinajstić information content (AvgIpc) is 3.11. The maximum Gasteiger partial charge on any atom is 0.0627 e. The van der Waals surface area contributed by atoms with Crippen molar-refractivity contribution < 1.29 is 0 Å². The van der Waals surface area contributed by atoms with Crippen molar-refractivity contribution in [3.8, 4) is 0 Å². The Bertz CT molecular complexity index is 448. The molecule has 1 heterocycles. The fourth-order valence-electron chi connectivity index (χ4n) is 4.21. The molecule has 0 bridgehead atoms. The van der Waals surface area contributed by atoms with Crippen molar-refractivity contribution >= 4 is 15.9 Å². The van der Waals surface area contributed by atoms with Crippen molar-refractivity contribution in [1.29, 1.82) is 0 Å². The van der Waals surface area contributed by atoms with Crippen molar-refractivity contribution in [2.24, 2.45) is 17.8 Å². The van der Waals surface area contributed by atoms with Gasteiger partial charge in [0.15, 0.2) is 0 Å². The van der Waals surface area contributed by atoms with Gasteiger partial charge in [-0.25, -0.2) is 0 Å². The molecule has 2 aliphatic carbocycles. The van der Waals surface area contributed by atoms with Crippen LogP contribution in [-0.4, -0.2) is 14.6 Å². The minimum atomic E-state index is 0.674. The van der Waals surface area contributed by atoms with Crippen LogP contribution in [-0.2, 0) is 6.42 Å². The van der Waals surface area contributed by atoms with E-state index in [0.717, 1.165) is 24.2 Å². The van der Waals surface area contributed by atoms with Crippen LogP contribution in [0.25, 0.3) is 0 Å². The highest BCUT2D eigenvalue weighted by molar-refractivity contribution is 9.09. The molecule has 2 nitrogen and oxygen atoms in total. The van der Waals surface area contributed by atoms with Crippen LogP contribution < -0.4 is 0 Å². The van der Waals surface area contributed by atoms with Gasteiger partial charge in [0, 0.05) is 11.0 Å². The standard InChI is InChI=1S/C18H29BrN2/c1-13(2)14-7-8-18(19)15(11-14)12-16-9-10-21(20-16)17-5-3-4-6-17/h9-10,13-15,17-18H,3-8,11-12H2,1-2H3. The molecule has 0 spiro atoms. The maximum atomic E-state index is 4.89. The molecule has 1 aromatic heterocycles. The highest BCUT2D eigenvalue weighted by Crippen LogP contribution is 2.39. The minimum absolute atomic E-state index is 0.674. The highest BCUT2D eigenvalue weighted by atomic mass is 79.9. The predicted molar refractivity (Wildman–Crippen MR) is 91.8 cm³/mol. The molecule has 0 aliphatic heterocycles. The van der Waals surface area contributed by atoms with E-state index in [4.69, 9.17) is 5.10 Å². The lowest BCUT2D eigenvalue weighted by molar-refractivity contribution is 0.221. The van der Waals surface area contributed by atoms with E-state index < -0.39 is 0 Å². The molecular formula is C18H29BrN2. The molecule has 21 heavy (non-hydrogen) atoms. The summed E-state index contributed by atoms with van der Waals surface area (Å²) in [6, 6.07) is 2.94. The van der Waals surface area contributed by atoms with Crippen LogP contribution in [0.4, 0.5) is 0 Å². The Morgan fingerprint density at radius 1 is 1.24 bits per heavy atom. The van der Waals surface area contributed by atoms with Crippen LogP contribution in [0.1, 0.15) is 70.5 Å². The van der Waals surface area contributed by atoms with E-state index in [9.17, 15) is 0 Å². The average molecular weight is 353 g/mol. The Morgan fingerprint density at radius 3 is 2.71 bits per heavy atom. The summed E-state index contributed by atoms with van der Waals surface area (Å²) < 4.78 is 2.24. The predicted octanol–water partition coefficient (Wildman–Crippen LogP) is 5.38. The summed E-state index contributed by atoms with van der Waals surface area (Å²) in [6.07, 6.45) is 12.9. The quantitative estimate of drug-likeness (QED) is 0.665. The molecule has 0 aromatic carbocycles. The Balaban J connectivity index is 1.62. The van der Waals surface area contributed by atoms with Gasteiger partial charge < -0.3 is 0 Å². The van der Waals surface area contributed by atoms with Gasteiger partial charge in [0.2, 0.25) is 0 Å². The molecule has 3 atom stereocenters. The summed E-state index contributed by atoms with van der Waals surface area (Å²) in [5, 5.41) is 4.89. The van der Waals surface area contributed by atoms with E-state index in [-0.39, 0.29) is 0 Å². The SMILES string of the molecule is CC(C)C1CCC(Br)C(Cc2ccn(C3CCCC3)n2)C1. The Kier molecular flexibility index (Phi) is 5.08. The summed E-state index contributed by atoms with van der Waals surface area (Å²) in [6.45, 7) is 4.76. The molecule has 1 aromatic rings. The fraction of sp³-hybridized carbons (Fsp3) is 0.833. The summed E-state index contributed by atoms with van der Waals surface area (Å²) in [4.78, 5) is 0.684. The van der Waals surface area contributed by atoms with Crippen molar-refractivity contribution in [3.05, 3.63) is 18.0 Å². The minimum Gasteiger partial charge on any atom is -0.269 e. The number of hydrogen-bond donors (Lipinski definition) is 0. The van der Waals surface area contributed by atoms with E-state index in [1.165, 1.54) is 50.6 Å². The first-order chi connectivity index (χ1) is 10.1. The van der Waals surface area contributed by atoms with Gasteiger partial charge >= 0.3 is 0 Å². The lowest BCUT2D eigenvalue weighted by atomic mass is 9.75. The van der Waals surface area contributed by atoms with E-state index >= 15 is 0 Å². The second-order valence-corrected chi connectivity index (χ2v) is 8.70. The van der Waals surface area contributed by atoms with Gasteiger partial charge in [-0.05, 0) is 62.3 Å². The van der Waals surface area contributed by atoms with Crippen LogP contribution in [0.5, 0.6) is 0 Å². The molecule has 3 unspecified atom stereocenters.